The number of hydrogen-bond donors (Lipinski definition) is 0. The van der Waals surface area contributed by atoms with Gasteiger partial charge in [-0.15, -0.1) is 11.8 Å². The molecule has 0 aliphatic carbocycles. The van der Waals surface area contributed by atoms with Crippen molar-refractivity contribution in [1.82, 2.24) is 0 Å². The van der Waals surface area contributed by atoms with Crippen LogP contribution in [0.5, 0.6) is 0 Å². The second-order valence-electron chi connectivity index (χ2n) is 4.29. The van der Waals surface area contributed by atoms with Gasteiger partial charge in [-0.25, -0.2) is 0 Å². The average Bonchev–Trinajstić information content (AvgIpc) is 2.17. The lowest BCUT2D eigenvalue weighted by atomic mass is 10.1. The molecule has 1 fully saturated rings. The summed E-state index contributed by atoms with van der Waals surface area (Å²) in [5, 5.41) is 0.601. The summed E-state index contributed by atoms with van der Waals surface area (Å²) in [6, 6.07) is 8.89. The van der Waals surface area contributed by atoms with Crippen LogP contribution in [0.4, 0.5) is 0 Å². The quantitative estimate of drug-likeness (QED) is 0.712. The highest BCUT2D eigenvalue weighted by atomic mass is 32.2. The molecule has 3 atom stereocenters. The maximum absolute atomic E-state index is 5.72. The third-order valence-corrected chi connectivity index (χ3v) is 4.06. The Balaban J connectivity index is 2.12. The van der Waals surface area contributed by atoms with Crippen LogP contribution < -0.4 is 0 Å². The molecule has 0 N–H and O–H groups in total. The number of benzene rings is 1. The molecule has 0 saturated carbocycles. The van der Waals surface area contributed by atoms with Gasteiger partial charge >= 0.3 is 0 Å². The Morgan fingerprint density at radius 3 is 2.47 bits per heavy atom. The number of rotatable bonds is 1. The van der Waals surface area contributed by atoms with Gasteiger partial charge < -0.3 is 4.74 Å². The Morgan fingerprint density at radius 2 is 1.87 bits per heavy atom. The zero-order chi connectivity index (χ0) is 10.8. The molecule has 0 aromatic heterocycles. The van der Waals surface area contributed by atoms with E-state index in [1.165, 1.54) is 11.1 Å². The Bertz CT molecular complexity index is 310. The van der Waals surface area contributed by atoms with Crippen LogP contribution in [-0.4, -0.2) is 11.5 Å². The van der Waals surface area contributed by atoms with Crippen molar-refractivity contribution in [2.24, 2.45) is 0 Å². The molecular weight excluding hydrogens is 204 g/mol. The van der Waals surface area contributed by atoms with Crippen LogP contribution in [0.1, 0.15) is 36.6 Å². The molecule has 0 spiro atoms. The zero-order valence-corrected chi connectivity index (χ0v) is 10.4. The number of hydrogen-bond acceptors (Lipinski definition) is 2. The summed E-state index contributed by atoms with van der Waals surface area (Å²) in [4.78, 5) is 0. The Kier molecular flexibility index (Phi) is 3.37. The first-order chi connectivity index (χ1) is 7.15. The van der Waals surface area contributed by atoms with Gasteiger partial charge in [0.2, 0.25) is 0 Å². The van der Waals surface area contributed by atoms with E-state index in [1.807, 2.05) is 11.8 Å². The molecule has 3 unspecified atom stereocenters. The highest BCUT2D eigenvalue weighted by Gasteiger charge is 2.25. The molecule has 0 radical (unpaired) electrons. The van der Waals surface area contributed by atoms with Gasteiger partial charge in [-0.05, 0) is 32.8 Å². The van der Waals surface area contributed by atoms with Crippen molar-refractivity contribution in [2.75, 3.05) is 0 Å². The standard InChI is InChI=1S/C13H18OS/c1-9-4-6-12(7-5-9)13-8-10(2)14-11(3)15-13/h4-7,10-11,13H,8H2,1-3H3. The van der Waals surface area contributed by atoms with Gasteiger partial charge in [0.25, 0.3) is 0 Å². The van der Waals surface area contributed by atoms with Crippen molar-refractivity contribution >= 4 is 11.8 Å². The molecule has 1 aromatic rings. The highest BCUT2D eigenvalue weighted by molar-refractivity contribution is 8.00. The number of aryl methyl sites for hydroxylation is 1. The van der Waals surface area contributed by atoms with E-state index in [0.29, 0.717) is 16.8 Å². The van der Waals surface area contributed by atoms with Gasteiger partial charge in [0.05, 0.1) is 6.10 Å². The minimum Gasteiger partial charge on any atom is -0.365 e. The molecule has 1 heterocycles. The largest absolute Gasteiger partial charge is 0.365 e. The molecule has 1 saturated heterocycles. The van der Waals surface area contributed by atoms with Crippen molar-refractivity contribution in [3.05, 3.63) is 35.4 Å². The fourth-order valence-corrected chi connectivity index (χ4v) is 3.41. The molecule has 1 aromatic carbocycles. The first-order valence-electron chi connectivity index (χ1n) is 5.52. The molecule has 1 aliphatic rings. The fourth-order valence-electron chi connectivity index (χ4n) is 2.00. The van der Waals surface area contributed by atoms with Crippen molar-refractivity contribution in [3.63, 3.8) is 0 Å². The second-order valence-corrected chi connectivity index (χ2v) is 5.79. The lowest BCUT2D eigenvalue weighted by Gasteiger charge is -2.31. The van der Waals surface area contributed by atoms with Crippen molar-refractivity contribution < 1.29 is 4.74 Å². The fraction of sp³-hybridized carbons (Fsp3) is 0.538. The third-order valence-electron chi connectivity index (χ3n) is 2.77. The first kappa shape index (κ1) is 11.0. The molecule has 0 bridgehead atoms. The molecule has 1 nitrogen and oxygen atoms in total. The molecule has 2 heteroatoms. The van der Waals surface area contributed by atoms with Crippen LogP contribution in [0.15, 0.2) is 24.3 Å². The van der Waals surface area contributed by atoms with Crippen LogP contribution in [-0.2, 0) is 4.74 Å². The number of thioether (sulfide) groups is 1. The SMILES string of the molecule is Cc1ccc(C2CC(C)OC(C)S2)cc1. The minimum absolute atomic E-state index is 0.319. The predicted molar refractivity (Wildman–Crippen MR) is 66.1 cm³/mol. The summed E-state index contributed by atoms with van der Waals surface area (Å²) in [5.74, 6) is 0. The van der Waals surface area contributed by atoms with E-state index in [2.05, 4.69) is 45.0 Å². The van der Waals surface area contributed by atoms with E-state index >= 15 is 0 Å². The normalized spacial score (nSPS) is 31.5. The van der Waals surface area contributed by atoms with E-state index in [4.69, 9.17) is 4.74 Å². The Labute approximate surface area is 96.2 Å². The van der Waals surface area contributed by atoms with Crippen LogP contribution in [0.25, 0.3) is 0 Å². The van der Waals surface area contributed by atoms with Gasteiger partial charge in [-0.1, -0.05) is 29.8 Å². The lowest BCUT2D eigenvalue weighted by molar-refractivity contribution is 0.0406. The van der Waals surface area contributed by atoms with E-state index in [0.717, 1.165) is 6.42 Å². The molecule has 2 rings (SSSR count). The van der Waals surface area contributed by atoms with Crippen molar-refractivity contribution in [3.8, 4) is 0 Å². The van der Waals surface area contributed by atoms with Crippen LogP contribution in [0.3, 0.4) is 0 Å². The van der Waals surface area contributed by atoms with E-state index in [9.17, 15) is 0 Å². The average molecular weight is 222 g/mol. The van der Waals surface area contributed by atoms with Gasteiger partial charge in [0.1, 0.15) is 5.44 Å². The molecule has 1 aliphatic heterocycles. The maximum atomic E-state index is 5.72. The molecule has 15 heavy (non-hydrogen) atoms. The van der Waals surface area contributed by atoms with Crippen LogP contribution in [0.2, 0.25) is 0 Å². The zero-order valence-electron chi connectivity index (χ0n) is 9.57. The van der Waals surface area contributed by atoms with E-state index in [-0.39, 0.29) is 0 Å². The third kappa shape index (κ3) is 2.76. The first-order valence-corrected chi connectivity index (χ1v) is 6.47. The summed E-state index contributed by atoms with van der Waals surface area (Å²) in [6.45, 7) is 6.44. The summed E-state index contributed by atoms with van der Waals surface area (Å²) in [5.41, 5.74) is 3.09. The molecule has 82 valence electrons. The van der Waals surface area contributed by atoms with Crippen molar-refractivity contribution in [2.45, 2.75) is 44.0 Å². The monoisotopic (exact) mass is 222 g/mol. The predicted octanol–water partition coefficient (Wildman–Crippen LogP) is 3.92. The Morgan fingerprint density at radius 1 is 1.20 bits per heavy atom. The molecule has 0 amide bonds. The van der Waals surface area contributed by atoms with Crippen molar-refractivity contribution in [1.29, 1.82) is 0 Å². The minimum atomic E-state index is 0.319. The molecular formula is C13H18OS. The van der Waals surface area contributed by atoms with Gasteiger partial charge in [0.15, 0.2) is 0 Å². The van der Waals surface area contributed by atoms with Gasteiger partial charge in [0, 0.05) is 5.25 Å². The summed E-state index contributed by atoms with van der Waals surface area (Å²) in [7, 11) is 0. The van der Waals surface area contributed by atoms with Crippen LogP contribution >= 0.6 is 11.8 Å². The van der Waals surface area contributed by atoms with Gasteiger partial charge in [-0.2, -0.15) is 0 Å². The highest BCUT2D eigenvalue weighted by Crippen LogP contribution is 2.41. The van der Waals surface area contributed by atoms with Gasteiger partial charge in [-0.3, -0.25) is 0 Å². The smallest absolute Gasteiger partial charge is 0.101 e. The lowest BCUT2D eigenvalue weighted by Crippen LogP contribution is -2.23. The summed E-state index contributed by atoms with van der Waals surface area (Å²) >= 11 is 1.93. The van der Waals surface area contributed by atoms with E-state index in [1.54, 1.807) is 0 Å². The Hall–Kier alpha value is -0.470. The summed E-state index contributed by atoms with van der Waals surface area (Å²) < 4.78 is 5.72. The maximum Gasteiger partial charge on any atom is 0.101 e. The van der Waals surface area contributed by atoms with E-state index < -0.39 is 0 Å². The topological polar surface area (TPSA) is 9.23 Å². The number of ether oxygens (including phenoxy) is 1. The summed E-state index contributed by atoms with van der Waals surface area (Å²) in [6.07, 6.45) is 1.51. The second kappa shape index (κ2) is 4.58. The van der Waals surface area contributed by atoms with Crippen LogP contribution in [0, 0.1) is 6.92 Å².